The lowest BCUT2D eigenvalue weighted by Crippen LogP contribution is -2.25. The van der Waals surface area contributed by atoms with Crippen LogP contribution in [0.3, 0.4) is 0 Å². The second kappa shape index (κ2) is 9.17. The van der Waals surface area contributed by atoms with Crippen LogP contribution >= 0.6 is 0 Å². The summed E-state index contributed by atoms with van der Waals surface area (Å²) in [5.74, 6) is -1.43. The van der Waals surface area contributed by atoms with E-state index in [0.717, 1.165) is 0 Å². The van der Waals surface area contributed by atoms with Gasteiger partial charge >= 0.3 is 0 Å². The van der Waals surface area contributed by atoms with Crippen LogP contribution < -0.4 is 10.2 Å². The highest BCUT2D eigenvalue weighted by atomic mass is 19.1. The number of carbonyl (C=O) groups is 2. The Kier molecular flexibility index (Phi) is 6.40. The molecule has 0 saturated carbocycles. The minimum absolute atomic E-state index is 0.0854. The lowest BCUT2D eigenvalue weighted by molar-refractivity contribution is -0.384. The number of carbonyl (C=O) groups excluding carboxylic acids is 2. The fourth-order valence-electron chi connectivity index (χ4n) is 3.15. The topological polar surface area (TPSA) is 92.6 Å². The molecule has 0 saturated heterocycles. The van der Waals surface area contributed by atoms with Gasteiger partial charge in [-0.1, -0.05) is 30.3 Å². The summed E-state index contributed by atoms with van der Waals surface area (Å²) in [5, 5.41) is 14.1. The van der Waals surface area contributed by atoms with E-state index in [9.17, 15) is 24.1 Å². The Balaban J connectivity index is 1.89. The summed E-state index contributed by atoms with van der Waals surface area (Å²) in [6, 6.07) is 16.2. The fourth-order valence-corrected chi connectivity index (χ4v) is 3.15. The highest BCUT2D eigenvalue weighted by Gasteiger charge is 2.22. The normalized spacial score (nSPS) is 10.4. The van der Waals surface area contributed by atoms with Gasteiger partial charge in [0.2, 0.25) is 0 Å². The Morgan fingerprint density at radius 3 is 2.35 bits per heavy atom. The summed E-state index contributed by atoms with van der Waals surface area (Å²) in [6.45, 7) is 0.0854. The molecule has 0 aromatic heterocycles. The summed E-state index contributed by atoms with van der Waals surface area (Å²) in [7, 11) is 3.34. The van der Waals surface area contributed by atoms with E-state index in [0.29, 0.717) is 11.3 Å². The maximum atomic E-state index is 13.3. The van der Waals surface area contributed by atoms with Crippen LogP contribution in [-0.2, 0) is 6.54 Å². The van der Waals surface area contributed by atoms with E-state index < -0.39 is 22.4 Å². The number of nitro benzene ring substituents is 1. The Morgan fingerprint density at radius 2 is 1.71 bits per heavy atom. The highest BCUT2D eigenvalue weighted by molar-refractivity contribution is 6.15. The molecule has 0 atom stereocenters. The quantitative estimate of drug-likeness (QED) is 0.354. The predicted octanol–water partition coefficient (Wildman–Crippen LogP) is 3.96. The number of benzene rings is 3. The van der Waals surface area contributed by atoms with E-state index in [1.807, 2.05) is 0 Å². The molecule has 0 aliphatic carbocycles. The maximum Gasteiger partial charge on any atom is 0.293 e. The molecule has 0 aliphatic rings. The van der Waals surface area contributed by atoms with E-state index in [2.05, 4.69) is 5.32 Å². The fraction of sp³-hybridized carbons (Fsp3) is 0.130. The number of nitro groups is 1. The van der Waals surface area contributed by atoms with E-state index in [1.54, 1.807) is 43.3 Å². The highest BCUT2D eigenvalue weighted by Crippen LogP contribution is 2.29. The van der Waals surface area contributed by atoms with E-state index in [1.165, 1.54) is 42.5 Å². The van der Waals surface area contributed by atoms with Crippen molar-refractivity contribution in [1.29, 1.82) is 0 Å². The van der Waals surface area contributed by atoms with Crippen LogP contribution in [-0.4, -0.2) is 30.7 Å². The Bertz CT molecular complexity index is 1160. The number of rotatable bonds is 7. The van der Waals surface area contributed by atoms with Crippen molar-refractivity contribution in [2.75, 3.05) is 19.0 Å². The average molecular weight is 421 g/mol. The third-order valence-electron chi connectivity index (χ3n) is 4.67. The van der Waals surface area contributed by atoms with Gasteiger partial charge in [0.1, 0.15) is 11.5 Å². The molecule has 0 bridgehead atoms. The molecule has 1 amide bonds. The van der Waals surface area contributed by atoms with E-state index in [-0.39, 0.29) is 28.9 Å². The summed E-state index contributed by atoms with van der Waals surface area (Å²) < 4.78 is 13.3. The SMILES string of the molecule is CN(C)c1ccc(C(=O)c2ccccc2C(=O)NCc2cccc(F)c2)cc1[N+](=O)[O-]. The lowest BCUT2D eigenvalue weighted by Gasteiger charge is -2.14. The minimum Gasteiger partial charge on any atom is -0.372 e. The molecule has 0 radical (unpaired) electrons. The van der Waals surface area contributed by atoms with Gasteiger partial charge in [-0.15, -0.1) is 0 Å². The van der Waals surface area contributed by atoms with Crippen LogP contribution in [0.5, 0.6) is 0 Å². The number of nitrogens with one attached hydrogen (secondary N) is 1. The van der Waals surface area contributed by atoms with Crippen molar-refractivity contribution in [1.82, 2.24) is 5.32 Å². The first kappa shape index (κ1) is 21.6. The van der Waals surface area contributed by atoms with Crippen molar-refractivity contribution in [2.45, 2.75) is 6.54 Å². The predicted molar refractivity (Wildman–Crippen MR) is 115 cm³/mol. The zero-order chi connectivity index (χ0) is 22.5. The van der Waals surface area contributed by atoms with Gasteiger partial charge in [-0.25, -0.2) is 4.39 Å². The monoisotopic (exact) mass is 421 g/mol. The van der Waals surface area contributed by atoms with Gasteiger partial charge in [0, 0.05) is 37.8 Å². The second-order valence-electron chi connectivity index (χ2n) is 7.04. The van der Waals surface area contributed by atoms with Crippen LogP contribution in [0, 0.1) is 15.9 Å². The van der Waals surface area contributed by atoms with Crippen LogP contribution in [0.15, 0.2) is 66.7 Å². The molecule has 3 aromatic rings. The van der Waals surface area contributed by atoms with Gasteiger partial charge in [0.25, 0.3) is 11.6 Å². The molecule has 3 rings (SSSR count). The summed E-state index contributed by atoms with van der Waals surface area (Å²) in [4.78, 5) is 38.3. The van der Waals surface area contributed by atoms with E-state index in [4.69, 9.17) is 0 Å². The van der Waals surface area contributed by atoms with Crippen LogP contribution in [0.4, 0.5) is 15.8 Å². The van der Waals surface area contributed by atoms with Crippen molar-refractivity contribution in [2.24, 2.45) is 0 Å². The molecule has 0 heterocycles. The Morgan fingerprint density at radius 1 is 1.00 bits per heavy atom. The zero-order valence-corrected chi connectivity index (χ0v) is 17.0. The molecular formula is C23H20FN3O4. The number of hydrogen-bond donors (Lipinski definition) is 1. The minimum atomic E-state index is -0.552. The molecule has 1 N–H and O–H groups in total. The average Bonchev–Trinajstić information content (AvgIpc) is 2.76. The Labute approximate surface area is 178 Å². The van der Waals surface area contributed by atoms with Gasteiger partial charge in [0.15, 0.2) is 5.78 Å². The summed E-state index contributed by atoms with van der Waals surface area (Å²) in [6.07, 6.45) is 0. The van der Waals surface area contributed by atoms with Crippen LogP contribution in [0.2, 0.25) is 0 Å². The van der Waals surface area contributed by atoms with Crippen molar-refractivity contribution in [3.05, 3.63) is 105 Å². The molecule has 0 unspecified atom stereocenters. The molecule has 0 spiro atoms. The van der Waals surface area contributed by atoms with Crippen molar-refractivity contribution in [3.63, 3.8) is 0 Å². The molecule has 158 valence electrons. The largest absolute Gasteiger partial charge is 0.372 e. The van der Waals surface area contributed by atoms with Gasteiger partial charge in [-0.2, -0.15) is 0 Å². The number of hydrogen-bond acceptors (Lipinski definition) is 5. The molecule has 31 heavy (non-hydrogen) atoms. The molecule has 3 aromatic carbocycles. The third kappa shape index (κ3) is 4.92. The van der Waals surface area contributed by atoms with E-state index >= 15 is 0 Å². The molecule has 8 heteroatoms. The van der Waals surface area contributed by atoms with Crippen LogP contribution in [0.25, 0.3) is 0 Å². The number of amides is 1. The van der Waals surface area contributed by atoms with Gasteiger partial charge in [-0.05, 0) is 35.9 Å². The third-order valence-corrected chi connectivity index (χ3v) is 4.67. The summed E-state index contributed by atoms with van der Waals surface area (Å²) in [5.41, 5.74) is 1.08. The standard InChI is InChI=1S/C23H20FN3O4/c1-26(2)20-11-10-16(13-21(20)27(30)31)22(28)18-8-3-4-9-19(18)23(29)25-14-15-6-5-7-17(24)12-15/h3-13H,14H2,1-2H3,(H,25,29). The number of anilines is 1. The van der Waals surface area contributed by atoms with Gasteiger partial charge < -0.3 is 10.2 Å². The van der Waals surface area contributed by atoms with Crippen molar-refractivity contribution in [3.8, 4) is 0 Å². The molecule has 7 nitrogen and oxygen atoms in total. The van der Waals surface area contributed by atoms with Gasteiger partial charge in [0.05, 0.1) is 10.5 Å². The molecule has 0 fully saturated rings. The zero-order valence-electron chi connectivity index (χ0n) is 17.0. The summed E-state index contributed by atoms with van der Waals surface area (Å²) >= 11 is 0. The first-order valence-corrected chi connectivity index (χ1v) is 9.40. The smallest absolute Gasteiger partial charge is 0.293 e. The van der Waals surface area contributed by atoms with Crippen molar-refractivity contribution >= 4 is 23.1 Å². The number of halogens is 1. The van der Waals surface area contributed by atoms with Crippen molar-refractivity contribution < 1.29 is 18.9 Å². The lowest BCUT2D eigenvalue weighted by atomic mass is 9.97. The van der Waals surface area contributed by atoms with Gasteiger partial charge in [-0.3, -0.25) is 19.7 Å². The molecule has 0 aliphatic heterocycles. The Hall–Kier alpha value is -4.07. The first-order valence-electron chi connectivity index (χ1n) is 9.40. The maximum absolute atomic E-state index is 13.3. The van der Waals surface area contributed by atoms with Crippen LogP contribution in [0.1, 0.15) is 31.8 Å². The second-order valence-corrected chi connectivity index (χ2v) is 7.04. The molecular weight excluding hydrogens is 401 g/mol. The first-order chi connectivity index (χ1) is 14.8. The number of ketones is 1. The number of nitrogens with zero attached hydrogens (tertiary/aromatic N) is 2.